The van der Waals surface area contributed by atoms with E-state index in [4.69, 9.17) is 14.6 Å². The van der Waals surface area contributed by atoms with Gasteiger partial charge in [0.25, 0.3) is 0 Å². The fourth-order valence-corrected chi connectivity index (χ4v) is 5.36. The lowest BCUT2D eigenvalue weighted by atomic mass is 9.77. The maximum Gasteiger partial charge on any atom is 0.303 e. The normalized spacial score (nSPS) is 30.4. The molecule has 3 aliphatic heterocycles. The van der Waals surface area contributed by atoms with Crippen LogP contribution in [0.3, 0.4) is 0 Å². The Morgan fingerprint density at radius 3 is 2.45 bits per heavy atom. The molecule has 2 amide bonds. The van der Waals surface area contributed by atoms with Gasteiger partial charge in [-0.15, -0.1) is 0 Å². The number of hydrogen-bond donors (Lipinski definition) is 3. The standard InChI is InChI=1S/C22H34N2O6S/c1-2-3-10-31-13-17(26)24-12-16(25)23-11-15-14(8-6-4-5-7-9-18(27)28)19-21-22(30-21)20(15)29-19/h4,6,14-15,19-22H,2-3,5,7-13H2,1H3,(H,23,25)(H,24,26)(H,27,28)/b6-4-. The van der Waals surface area contributed by atoms with Gasteiger partial charge in [-0.05, 0) is 37.4 Å². The zero-order chi connectivity index (χ0) is 22.2. The highest BCUT2D eigenvalue weighted by atomic mass is 32.2. The first-order valence-corrected chi connectivity index (χ1v) is 12.5. The van der Waals surface area contributed by atoms with E-state index in [1.54, 1.807) is 11.8 Å². The lowest BCUT2D eigenvalue weighted by Crippen LogP contribution is -2.44. The minimum atomic E-state index is -0.769. The van der Waals surface area contributed by atoms with Gasteiger partial charge in [-0.2, -0.15) is 11.8 Å². The highest BCUT2D eigenvalue weighted by Crippen LogP contribution is 2.54. The van der Waals surface area contributed by atoms with Crippen LogP contribution in [0.5, 0.6) is 0 Å². The number of fused-ring (bicyclic) bond motifs is 5. The van der Waals surface area contributed by atoms with Crippen LogP contribution in [0.1, 0.15) is 45.4 Å². The Bertz CT molecular complexity index is 672. The van der Waals surface area contributed by atoms with Gasteiger partial charge in [0.15, 0.2) is 0 Å². The second-order valence-electron chi connectivity index (χ2n) is 8.44. The summed E-state index contributed by atoms with van der Waals surface area (Å²) in [6.45, 7) is 2.61. The van der Waals surface area contributed by atoms with Gasteiger partial charge in [-0.3, -0.25) is 14.4 Å². The minimum Gasteiger partial charge on any atom is -0.481 e. The van der Waals surface area contributed by atoms with Gasteiger partial charge in [0.05, 0.1) is 24.5 Å². The number of carboxylic acid groups (broad SMARTS) is 1. The number of carbonyl (C=O) groups is 3. The molecule has 3 heterocycles. The Kier molecular flexibility index (Phi) is 9.22. The van der Waals surface area contributed by atoms with Gasteiger partial charge in [0, 0.05) is 18.9 Å². The van der Waals surface area contributed by atoms with E-state index in [2.05, 4.69) is 23.6 Å². The number of carbonyl (C=O) groups excluding carboxylic acids is 2. The van der Waals surface area contributed by atoms with Crippen LogP contribution in [0.15, 0.2) is 12.2 Å². The molecule has 9 heteroatoms. The fourth-order valence-electron chi connectivity index (χ4n) is 4.43. The van der Waals surface area contributed by atoms with E-state index < -0.39 is 5.97 Å². The number of ether oxygens (including phenoxy) is 2. The molecule has 3 rings (SSSR count). The quantitative estimate of drug-likeness (QED) is 0.196. The maximum absolute atomic E-state index is 12.2. The molecule has 3 N–H and O–H groups in total. The number of unbranched alkanes of at least 4 members (excludes halogenated alkanes) is 2. The van der Waals surface area contributed by atoms with Gasteiger partial charge < -0.3 is 25.2 Å². The highest BCUT2D eigenvalue weighted by molar-refractivity contribution is 7.99. The van der Waals surface area contributed by atoms with Crippen molar-refractivity contribution in [2.75, 3.05) is 24.6 Å². The van der Waals surface area contributed by atoms with Crippen molar-refractivity contribution in [2.45, 2.75) is 69.9 Å². The van der Waals surface area contributed by atoms with Crippen molar-refractivity contribution in [2.24, 2.45) is 11.8 Å². The summed E-state index contributed by atoms with van der Waals surface area (Å²) in [5.41, 5.74) is 0. The summed E-state index contributed by atoms with van der Waals surface area (Å²) < 4.78 is 11.8. The van der Waals surface area contributed by atoms with Crippen LogP contribution < -0.4 is 10.6 Å². The Morgan fingerprint density at radius 2 is 1.71 bits per heavy atom. The number of thioether (sulfide) groups is 1. The predicted octanol–water partition coefficient (Wildman–Crippen LogP) is 1.73. The van der Waals surface area contributed by atoms with E-state index in [9.17, 15) is 14.4 Å². The van der Waals surface area contributed by atoms with Crippen LogP contribution in [-0.2, 0) is 23.9 Å². The van der Waals surface area contributed by atoms with Crippen molar-refractivity contribution in [1.29, 1.82) is 0 Å². The van der Waals surface area contributed by atoms with Crippen molar-refractivity contribution in [3.8, 4) is 0 Å². The number of aliphatic carboxylic acids is 1. The molecule has 3 saturated heterocycles. The van der Waals surface area contributed by atoms with E-state index in [1.807, 2.05) is 6.08 Å². The van der Waals surface area contributed by atoms with Gasteiger partial charge in [-0.1, -0.05) is 25.5 Å². The summed E-state index contributed by atoms with van der Waals surface area (Å²) in [6, 6.07) is 0. The molecule has 0 aromatic rings. The minimum absolute atomic E-state index is 0.00839. The molecule has 0 saturated carbocycles. The highest BCUT2D eigenvalue weighted by Gasteiger charge is 2.68. The molecule has 0 spiro atoms. The largest absolute Gasteiger partial charge is 0.481 e. The Morgan fingerprint density at radius 1 is 0.968 bits per heavy atom. The molecule has 2 bridgehead atoms. The van der Waals surface area contributed by atoms with Crippen LogP contribution in [0.25, 0.3) is 0 Å². The number of amides is 2. The van der Waals surface area contributed by atoms with E-state index in [0.29, 0.717) is 18.7 Å². The molecule has 8 nitrogen and oxygen atoms in total. The van der Waals surface area contributed by atoms with E-state index >= 15 is 0 Å². The first-order chi connectivity index (χ1) is 15.0. The van der Waals surface area contributed by atoms with Crippen molar-refractivity contribution in [1.82, 2.24) is 10.6 Å². The number of hydrogen-bond acceptors (Lipinski definition) is 6. The average molecular weight is 455 g/mol. The number of allylic oxidation sites excluding steroid dienone is 2. The van der Waals surface area contributed by atoms with E-state index in [-0.39, 0.29) is 61.0 Å². The first kappa shape index (κ1) is 24.1. The zero-order valence-electron chi connectivity index (χ0n) is 18.1. The summed E-state index contributed by atoms with van der Waals surface area (Å²) in [5.74, 6) is 0.727. The van der Waals surface area contributed by atoms with Crippen molar-refractivity contribution >= 4 is 29.5 Å². The van der Waals surface area contributed by atoms with Crippen LogP contribution in [0.4, 0.5) is 0 Å². The number of epoxide rings is 1. The fraction of sp³-hybridized carbons (Fsp3) is 0.773. The van der Waals surface area contributed by atoms with Crippen molar-refractivity contribution < 1.29 is 29.0 Å². The molecule has 6 atom stereocenters. The van der Waals surface area contributed by atoms with Crippen molar-refractivity contribution in [3.63, 3.8) is 0 Å². The summed E-state index contributed by atoms with van der Waals surface area (Å²) >= 11 is 1.59. The van der Waals surface area contributed by atoms with E-state index in [1.165, 1.54) is 0 Å². The smallest absolute Gasteiger partial charge is 0.303 e. The summed E-state index contributed by atoms with van der Waals surface area (Å²) in [5, 5.41) is 14.3. The Hall–Kier alpha value is -1.58. The molecule has 174 valence electrons. The molecule has 3 aliphatic rings. The molecule has 6 unspecified atom stereocenters. The summed E-state index contributed by atoms with van der Waals surface area (Å²) in [6.07, 6.45) is 9.15. The number of rotatable bonds is 15. The van der Waals surface area contributed by atoms with E-state index in [0.717, 1.165) is 31.4 Å². The zero-order valence-corrected chi connectivity index (χ0v) is 18.9. The topological polar surface area (TPSA) is 117 Å². The lowest BCUT2D eigenvalue weighted by molar-refractivity contribution is -0.137. The van der Waals surface area contributed by atoms with Crippen molar-refractivity contribution in [3.05, 3.63) is 12.2 Å². The van der Waals surface area contributed by atoms with Crippen LogP contribution >= 0.6 is 11.8 Å². The number of nitrogens with one attached hydrogen (secondary N) is 2. The molecular weight excluding hydrogens is 420 g/mol. The third-order valence-electron chi connectivity index (χ3n) is 6.11. The van der Waals surface area contributed by atoms with Crippen LogP contribution in [-0.4, -0.2) is 71.9 Å². The molecule has 0 aliphatic carbocycles. The van der Waals surface area contributed by atoms with Gasteiger partial charge in [0.2, 0.25) is 11.8 Å². The third-order valence-corrected chi connectivity index (χ3v) is 7.15. The second-order valence-corrected chi connectivity index (χ2v) is 9.54. The molecule has 0 aromatic carbocycles. The molecular formula is C22H34N2O6S. The Balaban J connectivity index is 1.36. The van der Waals surface area contributed by atoms with Gasteiger partial charge in [0.1, 0.15) is 12.2 Å². The maximum atomic E-state index is 12.2. The monoisotopic (exact) mass is 454 g/mol. The predicted molar refractivity (Wildman–Crippen MR) is 118 cm³/mol. The van der Waals surface area contributed by atoms with Gasteiger partial charge >= 0.3 is 5.97 Å². The molecule has 3 fully saturated rings. The van der Waals surface area contributed by atoms with Gasteiger partial charge in [-0.25, -0.2) is 0 Å². The first-order valence-electron chi connectivity index (χ1n) is 11.3. The average Bonchev–Trinajstić information content (AvgIpc) is 3.37. The molecule has 31 heavy (non-hydrogen) atoms. The second kappa shape index (κ2) is 11.9. The molecule has 0 aromatic heterocycles. The summed E-state index contributed by atoms with van der Waals surface area (Å²) in [7, 11) is 0. The third kappa shape index (κ3) is 6.95. The van der Waals surface area contributed by atoms with Crippen LogP contribution in [0, 0.1) is 11.8 Å². The molecule has 0 radical (unpaired) electrons. The summed E-state index contributed by atoms with van der Waals surface area (Å²) in [4.78, 5) is 34.6. The SMILES string of the molecule is CCCCSCC(=O)NCC(=O)NCC1C(C/C=C\CCCC(=O)O)C2OC1C1OC21. The number of carboxylic acids is 1. The lowest BCUT2D eigenvalue weighted by Gasteiger charge is -2.25. The van der Waals surface area contributed by atoms with Crippen LogP contribution in [0.2, 0.25) is 0 Å². The Labute approximate surface area is 187 Å².